The number of phenols is 1. The molecule has 2 N–H and O–H groups in total. The van der Waals surface area contributed by atoms with Gasteiger partial charge in [-0.05, 0) is 39.6 Å². The molecule has 4 amide bonds. The van der Waals surface area contributed by atoms with Crippen LogP contribution in [0.1, 0.15) is 16.7 Å². The normalized spacial score (nSPS) is 18.8. The number of rotatable bonds is 8. The zero-order valence-corrected chi connectivity index (χ0v) is 24.4. The van der Waals surface area contributed by atoms with Crippen molar-refractivity contribution in [2.45, 2.75) is 31.7 Å². The molecule has 0 radical (unpaired) electrons. The minimum Gasteiger partial charge on any atom is -0.508 e. The summed E-state index contributed by atoms with van der Waals surface area (Å²) in [5.41, 5.74) is 2.73. The lowest BCUT2D eigenvalue weighted by Gasteiger charge is -2.55. The molecule has 0 aliphatic carbocycles. The van der Waals surface area contributed by atoms with Crippen molar-refractivity contribution >= 4 is 28.6 Å². The van der Waals surface area contributed by atoms with Crippen molar-refractivity contribution in [3.63, 3.8) is 0 Å². The molecule has 2 atom stereocenters. The molecular weight excluding hydrogens is 554 g/mol. The molecule has 9 heteroatoms. The van der Waals surface area contributed by atoms with Gasteiger partial charge in [-0.1, -0.05) is 91.0 Å². The van der Waals surface area contributed by atoms with E-state index in [1.807, 2.05) is 72.8 Å². The number of aromatic hydroxyl groups is 1. The molecule has 4 aromatic rings. The highest BCUT2D eigenvalue weighted by molar-refractivity contribution is 5.92. The lowest BCUT2D eigenvalue weighted by Crippen LogP contribution is -2.76. The minimum atomic E-state index is -0.837. The van der Waals surface area contributed by atoms with E-state index >= 15 is 0 Å². The molecule has 6 rings (SSSR count). The molecule has 4 aromatic carbocycles. The first kappa shape index (κ1) is 28.9. The number of hydrazine groups is 1. The summed E-state index contributed by atoms with van der Waals surface area (Å²) >= 11 is 0. The van der Waals surface area contributed by atoms with E-state index < -0.39 is 12.2 Å². The fraction of sp³-hybridized carbons (Fsp3) is 0.229. The zero-order valence-electron chi connectivity index (χ0n) is 24.4. The molecule has 0 aromatic heterocycles. The number of urea groups is 1. The Labute approximate surface area is 256 Å². The molecule has 9 nitrogen and oxygen atoms in total. The Morgan fingerprint density at radius 2 is 1.64 bits per heavy atom. The number of nitrogens with zero attached hydrogens (tertiary/aromatic N) is 4. The van der Waals surface area contributed by atoms with Crippen LogP contribution >= 0.6 is 0 Å². The minimum absolute atomic E-state index is 0.0655. The Morgan fingerprint density at radius 3 is 2.41 bits per heavy atom. The molecular formula is C35H35N5O4. The van der Waals surface area contributed by atoms with Crippen LogP contribution < -0.4 is 5.32 Å². The fourth-order valence-electron chi connectivity index (χ4n) is 6.19. The van der Waals surface area contributed by atoms with Crippen LogP contribution in [0.3, 0.4) is 0 Å². The molecule has 0 saturated carbocycles. The first-order chi connectivity index (χ1) is 21.4. The number of carbonyl (C=O) groups excluding carboxylic acids is 3. The van der Waals surface area contributed by atoms with E-state index in [9.17, 15) is 19.5 Å². The summed E-state index contributed by atoms with van der Waals surface area (Å²) in [6.45, 7) is 4.86. The summed E-state index contributed by atoms with van der Waals surface area (Å²) in [6, 6.07) is 29.1. The van der Waals surface area contributed by atoms with Gasteiger partial charge in [0.1, 0.15) is 18.0 Å². The second kappa shape index (κ2) is 12.6. The summed E-state index contributed by atoms with van der Waals surface area (Å²) in [5, 5.41) is 18.3. The Morgan fingerprint density at radius 1 is 0.909 bits per heavy atom. The third-order valence-electron chi connectivity index (χ3n) is 8.27. The number of carbonyl (C=O) groups is 3. The van der Waals surface area contributed by atoms with Gasteiger partial charge in [-0.25, -0.2) is 14.8 Å². The number of hydrogen-bond donors (Lipinski definition) is 2. The van der Waals surface area contributed by atoms with Crippen molar-refractivity contribution in [2.75, 3.05) is 19.6 Å². The molecule has 2 saturated heterocycles. The molecule has 2 fully saturated rings. The topological polar surface area (TPSA) is 96.4 Å². The molecule has 0 spiro atoms. The van der Waals surface area contributed by atoms with E-state index in [1.54, 1.807) is 50.2 Å². The highest BCUT2D eigenvalue weighted by Crippen LogP contribution is 2.30. The van der Waals surface area contributed by atoms with Gasteiger partial charge in [0.25, 0.3) is 0 Å². The fourth-order valence-corrected chi connectivity index (χ4v) is 6.19. The predicted molar refractivity (Wildman–Crippen MR) is 168 cm³/mol. The molecule has 224 valence electrons. The highest BCUT2D eigenvalue weighted by atomic mass is 16.3. The lowest BCUT2D eigenvalue weighted by molar-refractivity contribution is -0.189. The highest BCUT2D eigenvalue weighted by Gasteiger charge is 2.51. The Hall–Kier alpha value is -5.15. The Balaban J connectivity index is 1.37. The quantitative estimate of drug-likeness (QED) is 0.299. The number of nitrogens with one attached hydrogen (secondary N) is 1. The molecule has 0 bridgehead atoms. The van der Waals surface area contributed by atoms with Crippen molar-refractivity contribution < 1.29 is 19.5 Å². The maximum Gasteiger partial charge on any atom is 0.334 e. The van der Waals surface area contributed by atoms with Gasteiger partial charge < -0.3 is 20.2 Å². The second-order valence-electron chi connectivity index (χ2n) is 11.1. The molecule has 44 heavy (non-hydrogen) atoms. The second-order valence-corrected chi connectivity index (χ2v) is 11.1. The van der Waals surface area contributed by atoms with Gasteiger partial charge in [0.15, 0.2) is 0 Å². The number of benzene rings is 4. The van der Waals surface area contributed by atoms with E-state index in [4.69, 9.17) is 0 Å². The third-order valence-corrected chi connectivity index (χ3v) is 8.27. The van der Waals surface area contributed by atoms with Crippen LogP contribution in [0.5, 0.6) is 5.75 Å². The summed E-state index contributed by atoms with van der Waals surface area (Å²) < 4.78 is 0. The number of piperazine rings is 1. The SMILES string of the molecule is C=CCN1CC(=O)N2[C@@H](Cc3ccc(O)cc3)C(=O)N(Cc3cccc4ccccc34)C[C@@H]2N1C(=O)NCc1ccccc1. The molecule has 2 aliphatic rings. The number of fused-ring (bicyclic) bond motifs is 2. The van der Waals surface area contributed by atoms with E-state index in [0.717, 1.165) is 27.5 Å². The number of amides is 4. The molecule has 2 aliphatic heterocycles. The van der Waals surface area contributed by atoms with Crippen LogP contribution in [0.25, 0.3) is 10.8 Å². The smallest absolute Gasteiger partial charge is 0.334 e. The van der Waals surface area contributed by atoms with Gasteiger partial charge in [0.05, 0.1) is 13.1 Å². The monoisotopic (exact) mass is 589 g/mol. The third kappa shape index (κ3) is 5.87. The van der Waals surface area contributed by atoms with Crippen molar-refractivity contribution in [3.05, 3.63) is 126 Å². The predicted octanol–water partition coefficient (Wildman–Crippen LogP) is 4.28. The largest absolute Gasteiger partial charge is 0.508 e. The van der Waals surface area contributed by atoms with Crippen LogP contribution in [0.4, 0.5) is 4.79 Å². The number of phenolic OH excluding ortho intramolecular Hbond substituents is 1. The Kier molecular flexibility index (Phi) is 8.29. The first-order valence-corrected chi connectivity index (χ1v) is 14.7. The van der Waals surface area contributed by atoms with Crippen molar-refractivity contribution in [1.82, 2.24) is 25.1 Å². The van der Waals surface area contributed by atoms with Gasteiger partial charge in [0.2, 0.25) is 11.8 Å². The van der Waals surface area contributed by atoms with Crippen LogP contribution in [0.2, 0.25) is 0 Å². The van der Waals surface area contributed by atoms with E-state index in [1.165, 1.54) is 0 Å². The average molecular weight is 590 g/mol. The summed E-state index contributed by atoms with van der Waals surface area (Å²) in [6.07, 6.45) is 1.17. The molecule has 2 heterocycles. The lowest BCUT2D eigenvalue weighted by atomic mass is 9.97. The average Bonchev–Trinajstić information content (AvgIpc) is 3.03. The van der Waals surface area contributed by atoms with Crippen LogP contribution in [0.15, 0.2) is 110 Å². The first-order valence-electron chi connectivity index (χ1n) is 14.7. The van der Waals surface area contributed by atoms with Crippen LogP contribution in [-0.2, 0) is 29.1 Å². The summed E-state index contributed by atoms with van der Waals surface area (Å²) in [4.78, 5) is 45.3. The van der Waals surface area contributed by atoms with Crippen LogP contribution in [0, 0.1) is 0 Å². The van der Waals surface area contributed by atoms with Crippen molar-refractivity contribution in [2.24, 2.45) is 0 Å². The van der Waals surface area contributed by atoms with E-state index in [-0.39, 0.29) is 49.7 Å². The Bertz CT molecular complexity index is 1670. The van der Waals surface area contributed by atoms with Crippen LogP contribution in [-0.4, -0.2) is 74.6 Å². The van der Waals surface area contributed by atoms with Gasteiger partial charge in [0, 0.05) is 26.1 Å². The molecule has 0 unspecified atom stereocenters. The maximum atomic E-state index is 14.3. The maximum absolute atomic E-state index is 14.3. The summed E-state index contributed by atoms with van der Waals surface area (Å²) in [5.74, 6) is -0.294. The van der Waals surface area contributed by atoms with Crippen molar-refractivity contribution in [1.29, 1.82) is 0 Å². The van der Waals surface area contributed by atoms with Crippen molar-refractivity contribution in [3.8, 4) is 5.75 Å². The van der Waals surface area contributed by atoms with Gasteiger partial charge in [-0.2, -0.15) is 0 Å². The van der Waals surface area contributed by atoms with Gasteiger partial charge in [-0.15, -0.1) is 6.58 Å². The van der Waals surface area contributed by atoms with E-state index in [0.29, 0.717) is 13.1 Å². The standard InChI is InChI=1S/C35H35N5O4/c1-2-19-38-24-33(42)39-31(20-25-15-17-29(41)18-16-25)34(43)37(22-28-13-8-12-27-11-6-7-14-30(27)28)23-32(39)40(38)35(44)36-21-26-9-4-3-5-10-26/h2-18,31-32,41H,1,19-24H2,(H,36,44)/t31-,32-/m0/s1. The number of hydrogen-bond acceptors (Lipinski definition) is 5. The van der Waals surface area contributed by atoms with Gasteiger partial charge >= 0.3 is 6.03 Å². The summed E-state index contributed by atoms with van der Waals surface area (Å²) in [7, 11) is 0. The van der Waals surface area contributed by atoms with Gasteiger partial charge in [-0.3, -0.25) is 9.59 Å². The zero-order chi connectivity index (χ0) is 30.6. The van der Waals surface area contributed by atoms with E-state index in [2.05, 4.69) is 11.9 Å².